The molecule has 0 aliphatic heterocycles. The van der Waals surface area contributed by atoms with Crippen molar-refractivity contribution in [3.63, 3.8) is 0 Å². The highest BCUT2D eigenvalue weighted by Crippen LogP contribution is 2.31. The number of nitriles is 1. The van der Waals surface area contributed by atoms with Crippen LogP contribution < -0.4 is 9.47 Å². The van der Waals surface area contributed by atoms with Gasteiger partial charge in [-0.15, -0.1) is 0 Å². The fourth-order valence-electron chi connectivity index (χ4n) is 2.88. The van der Waals surface area contributed by atoms with Gasteiger partial charge in [0.25, 0.3) is 0 Å². The van der Waals surface area contributed by atoms with Crippen LogP contribution in [0.25, 0.3) is 11.6 Å². The van der Waals surface area contributed by atoms with Crippen molar-refractivity contribution in [2.75, 3.05) is 6.61 Å². The molecule has 0 atom stereocenters. The van der Waals surface area contributed by atoms with E-state index in [9.17, 15) is 10.1 Å². The largest absolute Gasteiger partial charge is 0.490 e. The number of hydrogen-bond acceptors (Lipinski definition) is 4. The minimum atomic E-state index is -1.01. The lowest BCUT2D eigenvalue weighted by atomic mass is 10.0. The summed E-state index contributed by atoms with van der Waals surface area (Å²) < 4.78 is 12.7. The molecule has 0 aliphatic carbocycles. The predicted octanol–water partition coefficient (Wildman–Crippen LogP) is 6.19. The zero-order valence-electron chi connectivity index (χ0n) is 16.8. The Morgan fingerprint density at radius 2 is 1.68 bits per heavy atom. The molecule has 3 rings (SSSR count). The number of nitrogens with zero attached hydrogens (tertiary/aromatic N) is 1. The first-order chi connectivity index (χ1) is 15.0. The molecule has 0 amide bonds. The van der Waals surface area contributed by atoms with Crippen LogP contribution >= 0.6 is 15.9 Å². The average molecular weight is 478 g/mol. The number of ether oxygens (including phenoxy) is 2. The molecule has 156 valence electrons. The molecule has 1 N–H and O–H groups in total. The summed E-state index contributed by atoms with van der Waals surface area (Å²) in [7, 11) is 0. The SMILES string of the molecule is CCOc1cc(/C=C(/C#N)c2ccc(C(=O)O)cc2)ccc1OCc1ccc(Br)cc1. The van der Waals surface area contributed by atoms with Gasteiger partial charge in [0, 0.05) is 4.47 Å². The summed E-state index contributed by atoms with van der Waals surface area (Å²) in [6.07, 6.45) is 1.73. The van der Waals surface area contributed by atoms with Gasteiger partial charge in [0.1, 0.15) is 6.61 Å². The molecule has 0 radical (unpaired) electrons. The minimum absolute atomic E-state index is 0.173. The summed E-state index contributed by atoms with van der Waals surface area (Å²) in [6.45, 7) is 2.78. The van der Waals surface area contributed by atoms with Crippen molar-refractivity contribution in [2.45, 2.75) is 13.5 Å². The molecule has 0 unspecified atom stereocenters. The molecule has 0 heterocycles. The van der Waals surface area contributed by atoms with E-state index in [4.69, 9.17) is 14.6 Å². The van der Waals surface area contributed by atoms with Crippen molar-refractivity contribution in [2.24, 2.45) is 0 Å². The zero-order chi connectivity index (χ0) is 22.2. The number of halogens is 1. The lowest BCUT2D eigenvalue weighted by molar-refractivity contribution is 0.0697. The van der Waals surface area contributed by atoms with Gasteiger partial charge in [-0.2, -0.15) is 5.26 Å². The molecule has 31 heavy (non-hydrogen) atoms. The molecule has 5 nitrogen and oxygen atoms in total. The van der Waals surface area contributed by atoms with Gasteiger partial charge >= 0.3 is 5.97 Å². The third-order valence-corrected chi connectivity index (χ3v) is 4.98. The van der Waals surface area contributed by atoms with Gasteiger partial charge in [-0.25, -0.2) is 4.79 Å². The Morgan fingerprint density at radius 3 is 2.29 bits per heavy atom. The third-order valence-electron chi connectivity index (χ3n) is 4.45. The van der Waals surface area contributed by atoms with E-state index in [-0.39, 0.29) is 5.56 Å². The van der Waals surface area contributed by atoms with Crippen molar-refractivity contribution in [1.82, 2.24) is 0 Å². The topological polar surface area (TPSA) is 79.5 Å². The monoisotopic (exact) mass is 477 g/mol. The number of rotatable bonds is 8. The van der Waals surface area contributed by atoms with Crippen molar-refractivity contribution in [1.29, 1.82) is 5.26 Å². The quantitative estimate of drug-likeness (QED) is 0.309. The highest BCUT2D eigenvalue weighted by Gasteiger charge is 2.09. The number of hydrogen-bond donors (Lipinski definition) is 1. The van der Waals surface area contributed by atoms with Crippen LogP contribution in [0.4, 0.5) is 0 Å². The molecule has 6 heteroatoms. The van der Waals surface area contributed by atoms with Gasteiger partial charge < -0.3 is 14.6 Å². The molecule has 0 aliphatic rings. The maximum absolute atomic E-state index is 11.0. The van der Waals surface area contributed by atoms with Gasteiger partial charge in [-0.3, -0.25) is 0 Å². The van der Waals surface area contributed by atoms with Gasteiger partial charge in [0.15, 0.2) is 11.5 Å². The average Bonchev–Trinajstić information content (AvgIpc) is 2.78. The van der Waals surface area contributed by atoms with E-state index in [1.54, 1.807) is 18.2 Å². The summed E-state index contributed by atoms with van der Waals surface area (Å²) in [6, 6.07) is 21.8. The normalized spacial score (nSPS) is 10.9. The number of carboxylic acids is 1. The molecule has 3 aromatic carbocycles. The first-order valence-corrected chi connectivity index (χ1v) is 10.4. The van der Waals surface area contributed by atoms with Gasteiger partial charge in [-0.05, 0) is 66.1 Å². The standard InChI is InChI=1S/C25H20BrNO4/c1-2-30-24-14-18(5-12-23(24)31-16-17-3-10-22(26)11-4-17)13-21(15-27)19-6-8-20(9-7-19)25(28)29/h3-14H,2,16H2,1H3,(H,28,29)/b21-13-. The Morgan fingerprint density at radius 1 is 1.00 bits per heavy atom. The van der Waals surface area contributed by atoms with Crippen molar-refractivity contribution in [3.05, 3.63) is 93.5 Å². The number of allylic oxidation sites excluding steroid dienone is 1. The maximum Gasteiger partial charge on any atom is 0.335 e. The van der Waals surface area contributed by atoms with Crippen LogP contribution in [-0.4, -0.2) is 17.7 Å². The van der Waals surface area contributed by atoms with E-state index in [1.807, 2.05) is 49.4 Å². The number of carbonyl (C=O) groups is 1. The van der Waals surface area contributed by atoms with Crippen molar-refractivity contribution >= 4 is 33.5 Å². The van der Waals surface area contributed by atoms with Gasteiger partial charge in [0.05, 0.1) is 23.8 Å². The number of benzene rings is 3. The van der Waals surface area contributed by atoms with Gasteiger partial charge in [0.2, 0.25) is 0 Å². The highest BCUT2D eigenvalue weighted by atomic mass is 79.9. The molecule has 0 bridgehead atoms. The van der Waals surface area contributed by atoms with E-state index in [1.165, 1.54) is 12.1 Å². The number of carboxylic acid groups (broad SMARTS) is 1. The van der Waals surface area contributed by atoms with Crippen molar-refractivity contribution in [3.8, 4) is 17.6 Å². The van der Waals surface area contributed by atoms with E-state index < -0.39 is 5.97 Å². The minimum Gasteiger partial charge on any atom is -0.490 e. The molecule has 0 fully saturated rings. The Labute approximate surface area is 189 Å². The Bertz CT molecular complexity index is 1130. The van der Waals surface area contributed by atoms with Crippen LogP contribution in [0, 0.1) is 11.3 Å². The summed E-state index contributed by atoms with van der Waals surface area (Å²) in [4.78, 5) is 11.0. The second-order valence-corrected chi connectivity index (χ2v) is 7.52. The lowest BCUT2D eigenvalue weighted by Gasteiger charge is -2.13. The molecular formula is C25H20BrNO4. The second kappa shape index (κ2) is 10.5. The molecular weight excluding hydrogens is 458 g/mol. The van der Waals surface area contributed by atoms with Crippen LogP contribution in [0.2, 0.25) is 0 Å². The molecule has 0 saturated heterocycles. The smallest absolute Gasteiger partial charge is 0.335 e. The molecule has 0 spiro atoms. The van der Waals surface area contributed by atoms with Crippen LogP contribution in [0.5, 0.6) is 11.5 Å². The lowest BCUT2D eigenvalue weighted by Crippen LogP contribution is -2.00. The molecule has 0 saturated carbocycles. The molecule has 0 aromatic heterocycles. The second-order valence-electron chi connectivity index (χ2n) is 6.61. The van der Waals surface area contributed by atoms with E-state index in [0.29, 0.717) is 35.8 Å². The summed E-state index contributed by atoms with van der Waals surface area (Å²) in [5, 5.41) is 18.6. The van der Waals surface area contributed by atoms with Crippen LogP contribution in [0.15, 0.2) is 71.2 Å². The zero-order valence-corrected chi connectivity index (χ0v) is 18.4. The first kappa shape index (κ1) is 22.1. The Kier molecular flexibility index (Phi) is 7.47. The number of aromatic carboxylic acids is 1. The fraction of sp³-hybridized carbons (Fsp3) is 0.120. The summed E-state index contributed by atoms with van der Waals surface area (Å²) in [5.74, 6) is 0.201. The Hall–Kier alpha value is -3.56. The van der Waals surface area contributed by atoms with E-state index in [2.05, 4.69) is 22.0 Å². The molecule has 3 aromatic rings. The van der Waals surface area contributed by atoms with E-state index >= 15 is 0 Å². The summed E-state index contributed by atoms with van der Waals surface area (Å²) in [5.41, 5.74) is 3.04. The predicted molar refractivity (Wildman–Crippen MR) is 123 cm³/mol. The van der Waals surface area contributed by atoms with Gasteiger partial charge in [-0.1, -0.05) is 46.3 Å². The van der Waals surface area contributed by atoms with Crippen LogP contribution in [0.1, 0.15) is 34.0 Å². The maximum atomic E-state index is 11.0. The van der Waals surface area contributed by atoms with E-state index in [0.717, 1.165) is 15.6 Å². The fourth-order valence-corrected chi connectivity index (χ4v) is 3.15. The Balaban J connectivity index is 1.83. The highest BCUT2D eigenvalue weighted by molar-refractivity contribution is 9.10. The van der Waals surface area contributed by atoms with Crippen molar-refractivity contribution < 1.29 is 19.4 Å². The summed E-state index contributed by atoms with van der Waals surface area (Å²) >= 11 is 3.42. The van der Waals surface area contributed by atoms with Crippen LogP contribution in [-0.2, 0) is 6.61 Å². The van der Waals surface area contributed by atoms with Crippen LogP contribution in [0.3, 0.4) is 0 Å². The first-order valence-electron chi connectivity index (χ1n) is 9.59. The third kappa shape index (κ3) is 5.97.